The van der Waals surface area contributed by atoms with Crippen molar-refractivity contribution >= 4 is 5.91 Å². The molecular formula is C13H25N3O. The van der Waals surface area contributed by atoms with E-state index in [1.807, 2.05) is 23.8 Å². The molecule has 0 spiro atoms. The van der Waals surface area contributed by atoms with E-state index < -0.39 is 0 Å². The van der Waals surface area contributed by atoms with Crippen LogP contribution in [-0.4, -0.2) is 48.9 Å². The molecule has 0 radical (unpaired) electrons. The first kappa shape index (κ1) is 14.2. The zero-order valence-electron chi connectivity index (χ0n) is 11.1. The molecule has 0 heterocycles. The number of allylic oxidation sites excluding steroid dienone is 2. The van der Waals surface area contributed by atoms with Gasteiger partial charge < -0.3 is 10.6 Å². The predicted molar refractivity (Wildman–Crippen MR) is 70.5 cm³/mol. The summed E-state index contributed by atoms with van der Waals surface area (Å²) in [6.07, 6.45) is 6.82. The number of nitrogens with two attached hydrogens (primary N) is 1. The van der Waals surface area contributed by atoms with Crippen LogP contribution in [0.1, 0.15) is 32.6 Å². The van der Waals surface area contributed by atoms with Gasteiger partial charge in [-0.3, -0.25) is 9.69 Å². The van der Waals surface area contributed by atoms with Crippen molar-refractivity contribution in [1.82, 2.24) is 9.80 Å². The van der Waals surface area contributed by atoms with E-state index in [1.54, 1.807) is 0 Å². The summed E-state index contributed by atoms with van der Waals surface area (Å²) < 4.78 is 0. The minimum absolute atomic E-state index is 0.191. The number of amides is 1. The van der Waals surface area contributed by atoms with Gasteiger partial charge in [-0.25, -0.2) is 0 Å². The van der Waals surface area contributed by atoms with Gasteiger partial charge in [-0.15, -0.1) is 0 Å². The summed E-state index contributed by atoms with van der Waals surface area (Å²) in [4.78, 5) is 16.1. The number of nitrogens with zero attached hydrogens (tertiary/aromatic N) is 2. The van der Waals surface area contributed by atoms with Gasteiger partial charge in [0, 0.05) is 25.3 Å². The first-order chi connectivity index (χ1) is 8.19. The molecule has 1 rings (SSSR count). The quantitative estimate of drug-likeness (QED) is 0.757. The summed E-state index contributed by atoms with van der Waals surface area (Å²) in [5, 5.41) is 0. The van der Waals surface area contributed by atoms with Gasteiger partial charge in [-0.1, -0.05) is 6.08 Å². The molecule has 98 valence electrons. The monoisotopic (exact) mass is 239 g/mol. The summed E-state index contributed by atoms with van der Waals surface area (Å²) in [7, 11) is 1.94. The van der Waals surface area contributed by atoms with Crippen LogP contribution in [0.15, 0.2) is 11.8 Å². The van der Waals surface area contributed by atoms with Gasteiger partial charge in [-0.05, 0) is 39.7 Å². The van der Waals surface area contributed by atoms with Crippen LogP contribution in [0.2, 0.25) is 0 Å². The van der Waals surface area contributed by atoms with Gasteiger partial charge in [0.15, 0.2) is 0 Å². The number of rotatable bonds is 6. The molecular weight excluding hydrogens is 214 g/mol. The number of carbonyl (C=O) groups excluding carboxylic acids is 1. The van der Waals surface area contributed by atoms with Gasteiger partial charge in [0.05, 0.1) is 6.54 Å². The van der Waals surface area contributed by atoms with E-state index in [-0.39, 0.29) is 5.91 Å². The molecule has 0 saturated heterocycles. The maximum Gasteiger partial charge on any atom is 0.240 e. The van der Waals surface area contributed by atoms with E-state index in [2.05, 4.69) is 6.08 Å². The van der Waals surface area contributed by atoms with Crippen LogP contribution >= 0.6 is 0 Å². The SMILES string of the molecule is CCN(C(=O)CN(C)CCN)C1=CCCCC1. The Morgan fingerprint density at radius 2 is 2.24 bits per heavy atom. The Morgan fingerprint density at radius 3 is 2.76 bits per heavy atom. The second kappa shape index (κ2) is 7.45. The molecule has 1 amide bonds. The van der Waals surface area contributed by atoms with Crippen molar-refractivity contribution in [1.29, 1.82) is 0 Å². The molecule has 0 aromatic carbocycles. The minimum Gasteiger partial charge on any atom is -0.329 e. The van der Waals surface area contributed by atoms with Crippen LogP contribution in [0.4, 0.5) is 0 Å². The Hall–Kier alpha value is -0.870. The zero-order chi connectivity index (χ0) is 12.7. The van der Waals surface area contributed by atoms with Crippen molar-refractivity contribution in [3.63, 3.8) is 0 Å². The van der Waals surface area contributed by atoms with Crippen LogP contribution in [0.3, 0.4) is 0 Å². The summed E-state index contributed by atoms with van der Waals surface area (Å²) in [6, 6.07) is 0. The van der Waals surface area contributed by atoms with Crippen LogP contribution in [0, 0.1) is 0 Å². The van der Waals surface area contributed by atoms with Gasteiger partial charge in [0.25, 0.3) is 0 Å². The fraction of sp³-hybridized carbons (Fsp3) is 0.769. The van der Waals surface area contributed by atoms with Gasteiger partial charge in [0.1, 0.15) is 0 Å². The van der Waals surface area contributed by atoms with E-state index in [1.165, 1.54) is 18.5 Å². The largest absolute Gasteiger partial charge is 0.329 e. The average molecular weight is 239 g/mol. The van der Waals surface area contributed by atoms with Crippen molar-refractivity contribution in [2.24, 2.45) is 5.73 Å². The lowest BCUT2D eigenvalue weighted by Crippen LogP contribution is -2.40. The molecule has 0 atom stereocenters. The highest BCUT2D eigenvalue weighted by Gasteiger charge is 2.18. The number of likely N-dealkylation sites (N-methyl/N-ethyl adjacent to an activating group) is 2. The van der Waals surface area contributed by atoms with Crippen molar-refractivity contribution in [2.45, 2.75) is 32.6 Å². The maximum absolute atomic E-state index is 12.2. The van der Waals surface area contributed by atoms with Crippen molar-refractivity contribution in [2.75, 3.05) is 33.2 Å². The topological polar surface area (TPSA) is 49.6 Å². The molecule has 0 saturated carbocycles. The summed E-state index contributed by atoms with van der Waals surface area (Å²) in [5.41, 5.74) is 6.69. The maximum atomic E-state index is 12.2. The Bertz CT molecular complexity index is 276. The van der Waals surface area contributed by atoms with Crippen LogP contribution in [-0.2, 0) is 4.79 Å². The van der Waals surface area contributed by atoms with Crippen LogP contribution < -0.4 is 5.73 Å². The third-order valence-electron chi connectivity index (χ3n) is 3.15. The summed E-state index contributed by atoms with van der Waals surface area (Å²) >= 11 is 0. The van der Waals surface area contributed by atoms with Gasteiger partial charge in [-0.2, -0.15) is 0 Å². The van der Waals surface area contributed by atoms with Crippen molar-refractivity contribution in [3.8, 4) is 0 Å². The molecule has 0 fully saturated rings. The fourth-order valence-corrected chi connectivity index (χ4v) is 2.22. The number of hydrogen-bond donors (Lipinski definition) is 1. The third kappa shape index (κ3) is 4.48. The molecule has 0 bridgehead atoms. The molecule has 1 aliphatic rings. The second-order valence-electron chi connectivity index (χ2n) is 4.61. The van der Waals surface area contributed by atoms with Gasteiger partial charge in [0.2, 0.25) is 5.91 Å². The van der Waals surface area contributed by atoms with E-state index in [0.29, 0.717) is 13.1 Å². The normalized spacial score (nSPS) is 15.9. The molecule has 0 unspecified atom stereocenters. The predicted octanol–water partition coefficient (Wildman–Crippen LogP) is 1.18. The molecule has 4 nitrogen and oxygen atoms in total. The Morgan fingerprint density at radius 1 is 1.47 bits per heavy atom. The lowest BCUT2D eigenvalue weighted by molar-refractivity contribution is -0.130. The summed E-state index contributed by atoms with van der Waals surface area (Å²) in [5.74, 6) is 0.191. The average Bonchev–Trinajstić information content (AvgIpc) is 2.31. The molecule has 0 aromatic rings. The molecule has 0 aliphatic heterocycles. The fourth-order valence-electron chi connectivity index (χ4n) is 2.22. The van der Waals surface area contributed by atoms with E-state index >= 15 is 0 Å². The first-order valence-corrected chi connectivity index (χ1v) is 6.57. The van der Waals surface area contributed by atoms with Gasteiger partial charge >= 0.3 is 0 Å². The molecule has 17 heavy (non-hydrogen) atoms. The van der Waals surface area contributed by atoms with E-state index in [4.69, 9.17) is 5.73 Å². The van der Waals surface area contributed by atoms with E-state index in [0.717, 1.165) is 25.9 Å². The lowest BCUT2D eigenvalue weighted by atomic mass is 10.0. The first-order valence-electron chi connectivity index (χ1n) is 6.57. The smallest absolute Gasteiger partial charge is 0.240 e. The molecule has 1 aliphatic carbocycles. The third-order valence-corrected chi connectivity index (χ3v) is 3.15. The van der Waals surface area contributed by atoms with Crippen molar-refractivity contribution in [3.05, 3.63) is 11.8 Å². The number of hydrogen-bond acceptors (Lipinski definition) is 3. The number of carbonyl (C=O) groups is 1. The second-order valence-corrected chi connectivity index (χ2v) is 4.61. The standard InChI is InChI=1S/C13H25N3O/c1-3-16(12-7-5-4-6-8-12)13(17)11-15(2)10-9-14/h7H,3-6,8-11,14H2,1-2H3. The highest BCUT2D eigenvalue weighted by molar-refractivity contribution is 5.80. The lowest BCUT2D eigenvalue weighted by Gasteiger charge is -2.28. The highest BCUT2D eigenvalue weighted by atomic mass is 16.2. The highest BCUT2D eigenvalue weighted by Crippen LogP contribution is 2.20. The van der Waals surface area contributed by atoms with Crippen LogP contribution in [0.5, 0.6) is 0 Å². The Balaban J connectivity index is 2.54. The Labute approximate surface area is 104 Å². The Kier molecular flexibility index (Phi) is 6.22. The van der Waals surface area contributed by atoms with Crippen LogP contribution in [0.25, 0.3) is 0 Å². The summed E-state index contributed by atoms with van der Waals surface area (Å²) in [6.45, 7) is 4.63. The zero-order valence-corrected chi connectivity index (χ0v) is 11.1. The molecule has 0 aromatic heterocycles. The van der Waals surface area contributed by atoms with E-state index in [9.17, 15) is 4.79 Å². The molecule has 4 heteroatoms. The molecule has 2 N–H and O–H groups in total. The minimum atomic E-state index is 0.191. The van der Waals surface area contributed by atoms with Crippen molar-refractivity contribution < 1.29 is 4.79 Å².